The minimum atomic E-state index is 0.335. The number of hydrogen-bond acceptors (Lipinski definition) is 2. The summed E-state index contributed by atoms with van der Waals surface area (Å²) in [5.41, 5.74) is 1.19. The Balaban J connectivity index is 2.53. The van der Waals surface area contributed by atoms with Gasteiger partial charge >= 0.3 is 0 Å². The molecule has 1 aliphatic rings. The van der Waals surface area contributed by atoms with E-state index in [2.05, 4.69) is 0 Å². The minimum Gasteiger partial charge on any atom is -0.507 e. The fourth-order valence-corrected chi connectivity index (χ4v) is 2.70. The van der Waals surface area contributed by atoms with E-state index in [0.717, 1.165) is 17.1 Å². The fraction of sp³-hybridized carbons (Fsp3) is 0.333. The molecule has 1 aliphatic heterocycles. The van der Waals surface area contributed by atoms with E-state index in [1.807, 2.05) is 6.07 Å². The number of aryl methyl sites for hydroxylation is 1. The van der Waals surface area contributed by atoms with Gasteiger partial charge in [-0.1, -0.05) is 11.6 Å². The van der Waals surface area contributed by atoms with Crippen LogP contribution in [0.1, 0.15) is 12.0 Å². The summed E-state index contributed by atoms with van der Waals surface area (Å²) in [6, 6.07) is 3.56. The van der Waals surface area contributed by atoms with E-state index in [9.17, 15) is 5.11 Å². The summed E-state index contributed by atoms with van der Waals surface area (Å²) >= 11 is 7.53. The van der Waals surface area contributed by atoms with Crippen molar-refractivity contribution in [3.05, 3.63) is 22.7 Å². The van der Waals surface area contributed by atoms with Crippen molar-refractivity contribution >= 4 is 23.4 Å². The summed E-state index contributed by atoms with van der Waals surface area (Å²) in [6.07, 6.45) is 2.22. The van der Waals surface area contributed by atoms with Gasteiger partial charge in [-0.15, -0.1) is 11.8 Å². The van der Waals surface area contributed by atoms with Crippen LogP contribution < -0.4 is 0 Å². The second-order valence-electron chi connectivity index (χ2n) is 2.87. The first-order valence-corrected chi connectivity index (χ1v) is 5.28. The molecule has 0 saturated heterocycles. The lowest BCUT2D eigenvalue weighted by molar-refractivity contribution is 0.460. The molecule has 0 aliphatic carbocycles. The maximum atomic E-state index is 9.53. The summed E-state index contributed by atoms with van der Waals surface area (Å²) in [5, 5.41) is 10.2. The van der Waals surface area contributed by atoms with Crippen LogP contribution in [0, 0.1) is 0 Å². The van der Waals surface area contributed by atoms with Crippen molar-refractivity contribution in [3.63, 3.8) is 0 Å². The van der Waals surface area contributed by atoms with Crippen molar-refractivity contribution in [1.29, 1.82) is 0 Å². The van der Waals surface area contributed by atoms with E-state index in [0.29, 0.717) is 10.8 Å². The van der Waals surface area contributed by atoms with E-state index < -0.39 is 0 Å². The highest BCUT2D eigenvalue weighted by Gasteiger charge is 2.14. The molecule has 0 bridgehead atoms. The summed E-state index contributed by atoms with van der Waals surface area (Å²) in [5.74, 6) is 1.43. The van der Waals surface area contributed by atoms with Crippen molar-refractivity contribution in [2.75, 3.05) is 5.75 Å². The molecule has 0 unspecified atom stereocenters. The Morgan fingerprint density at radius 1 is 1.42 bits per heavy atom. The van der Waals surface area contributed by atoms with Crippen molar-refractivity contribution in [2.45, 2.75) is 17.7 Å². The van der Waals surface area contributed by atoms with Gasteiger partial charge in [-0.05, 0) is 36.3 Å². The Hall–Kier alpha value is -0.340. The number of aromatic hydroxyl groups is 1. The Bertz CT molecular complexity index is 312. The molecule has 12 heavy (non-hydrogen) atoms. The quantitative estimate of drug-likeness (QED) is 0.695. The molecule has 1 nitrogen and oxygen atoms in total. The average molecular weight is 201 g/mol. The second-order valence-corrected chi connectivity index (χ2v) is 4.41. The van der Waals surface area contributed by atoms with Gasteiger partial charge in [-0.25, -0.2) is 0 Å². The van der Waals surface area contributed by atoms with Gasteiger partial charge in [0.2, 0.25) is 0 Å². The number of fused-ring (bicyclic) bond motifs is 1. The number of hydrogen-bond donors (Lipinski definition) is 1. The third-order valence-corrected chi connectivity index (χ3v) is 3.42. The summed E-state index contributed by atoms with van der Waals surface area (Å²) in [6.45, 7) is 0. The van der Waals surface area contributed by atoms with Gasteiger partial charge in [0.1, 0.15) is 5.75 Å². The maximum absolute atomic E-state index is 9.53. The van der Waals surface area contributed by atoms with Crippen LogP contribution in [0.4, 0.5) is 0 Å². The number of phenols is 1. The van der Waals surface area contributed by atoms with Gasteiger partial charge in [-0.3, -0.25) is 0 Å². The zero-order valence-corrected chi connectivity index (χ0v) is 8.08. The number of phenolic OH excluding ortho intramolecular Hbond substituents is 1. The Kier molecular flexibility index (Phi) is 2.20. The molecule has 0 amide bonds. The first-order chi connectivity index (χ1) is 5.77. The predicted octanol–water partition coefficient (Wildman–Crippen LogP) is 3.08. The molecule has 0 spiro atoms. The van der Waals surface area contributed by atoms with Gasteiger partial charge in [-0.2, -0.15) is 0 Å². The minimum absolute atomic E-state index is 0.335. The first kappa shape index (κ1) is 8.27. The van der Waals surface area contributed by atoms with Gasteiger partial charge in [0.25, 0.3) is 0 Å². The topological polar surface area (TPSA) is 20.2 Å². The standard InChI is InChI=1S/C9H9ClOS/c10-7-4-6-2-1-3-12-9(6)8(11)5-7/h4-5,11H,1-3H2. The number of rotatable bonds is 0. The molecule has 1 heterocycles. The normalized spacial score (nSPS) is 15.8. The van der Waals surface area contributed by atoms with E-state index in [4.69, 9.17) is 11.6 Å². The molecular formula is C9H9ClOS. The predicted molar refractivity (Wildman–Crippen MR) is 52.2 cm³/mol. The summed E-state index contributed by atoms with van der Waals surface area (Å²) < 4.78 is 0. The van der Waals surface area contributed by atoms with E-state index in [1.54, 1.807) is 17.8 Å². The van der Waals surface area contributed by atoms with E-state index >= 15 is 0 Å². The highest BCUT2D eigenvalue weighted by Crippen LogP contribution is 2.38. The molecule has 1 aromatic carbocycles. The Morgan fingerprint density at radius 3 is 3.08 bits per heavy atom. The third-order valence-electron chi connectivity index (χ3n) is 1.95. The molecule has 3 heteroatoms. The van der Waals surface area contributed by atoms with Crippen LogP contribution >= 0.6 is 23.4 Å². The van der Waals surface area contributed by atoms with Crippen LogP contribution in [-0.4, -0.2) is 10.9 Å². The molecule has 0 saturated carbocycles. The molecule has 0 atom stereocenters. The monoisotopic (exact) mass is 200 g/mol. The molecule has 0 aromatic heterocycles. The van der Waals surface area contributed by atoms with Crippen LogP contribution in [-0.2, 0) is 6.42 Å². The zero-order chi connectivity index (χ0) is 8.55. The third kappa shape index (κ3) is 1.41. The largest absolute Gasteiger partial charge is 0.507 e. The smallest absolute Gasteiger partial charge is 0.130 e. The molecule has 0 radical (unpaired) electrons. The lowest BCUT2D eigenvalue weighted by Gasteiger charge is -2.16. The molecule has 0 fully saturated rings. The van der Waals surface area contributed by atoms with Gasteiger partial charge in [0, 0.05) is 5.02 Å². The van der Waals surface area contributed by atoms with Gasteiger partial charge in [0.15, 0.2) is 0 Å². The molecule has 2 rings (SSSR count). The lowest BCUT2D eigenvalue weighted by Crippen LogP contribution is -1.98. The van der Waals surface area contributed by atoms with Gasteiger partial charge in [0.05, 0.1) is 4.90 Å². The Labute approximate surface area is 80.7 Å². The van der Waals surface area contributed by atoms with Crippen molar-refractivity contribution < 1.29 is 5.11 Å². The van der Waals surface area contributed by atoms with Crippen LogP contribution in [0.25, 0.3) is 0 Å². The number of benzene rings is 1. The van der Waals surface area contributed by atoms with Gasteiger partial charge < -0.3 is 5.11 Å². The Morgan fingerprint density at radius 2 is 2.25 bits per heavy atom. The fourth-order valence-electron chi connectivity index (χ4n) is 1.42. The molecule has 1 N–H and O–H groups in total. The first-order valence-electron chi connectivity index (χ1n) is 3.91. The zero-order valence-electron chi connectivity index (χ0n) is 6.51. The highest BCUT2D eigenvalue weighted by atomic mass is 35.5. The number of thioether (sulfide) groups is 1. The second kappa shape index (κ2) is 3.19. The van der Waals surface area contributed by atoms with E-state index in [-0.39, 0.29) is 0 Å². The maximum Gasteiger partial charge on any atom is 0.130 e. The van der Waals surface area contributed by atoms with Crippen molar-refractivity contribution in [2.24, 2.45) is 0 Å². The van der Waals surface area contributed by atoms with Crippen molar-refractivity contribution in [3.8, 4) is 5.75 Å². The molecule has 64 valence electrons. The molecule has 1 aromatic rings. The highest BCUT2D eigenvalue weighted by molar-refractivity contribution is 7.99. The van der Waals surface area contributed by atoms with Crippen LogP contribution in [0.2, 0.25) is 5.02 Å². The number of halogens is 1. The van der Waals surface area contributed by atoms with E-state index in [1.165, 1.54) is 12.0 Å². The van der Waals surface area contributed by atoms with Crippen LogP contribution in [0.5, 0.6) is 5.75 Å². The van der Waals surface area contributed by atoms with Crippen LogP contribution in [0.3, 0.4) is 0 Å². The average Bonchev–Trinajstić information content (AvgIpc) is 2.04. The summed E-state index contributed by atoms with van der Waals surface area (Å²) in [7, 11) is 0. The lowest BCUT2D eigenvalue weighted by atomic mass is 10.1. The van der Waals surface area contributed by atoms with Crippen LogP contribution in [0.15, 0.2) is 17.0 Å². The SMILES string of the molecule is Oc1cc(Cl)cc2c1SCCC2. The van der Waals surface area contributed by atoms with Crippen molar-refractivity contribution in [1.82, 2.24) is 0 Å². The summed E-state index contributed by atoms with van der Waals surface area (Å²) in [4.78, 5) is 1.02. The molecular weight excluding hydrogens is 192 g/mol.